The molecule has 4 N–H and O–H groups in total. The van der Waals surface area contributed by atoms with Gasteiger partial charge >= 0.3 is 0 Å². The van der Waals surface area contributed by atoms with Crippen molar-refractivity contribution in [3.63, 3.8) is 0 Å². The molecule has 3 heterocycles. The van der Waals surface area contributed by atoms with E-state index in [0.29, 0.717) is 42.8 Å². The van der Waals surface area contributed by atoms with Crippen molar-refractivity contribution in [2.45, 2.75) is 30.6 Å². The van der Waals surface area contributed by atoms with Crippen molar-refractivity contribution >= 4 is 33.3 Å². The molecular weight excluding hydrogens is 417 g/mol. The number of anilines is 2. The lowest BCUT2D eigenvalue weighted by atomic mass is 10.1. The first-order valence-electron chi connectivity index (χ1n) is 10.4. The summed E-state index contributed by atoms with van der Waals surface area (Å²) in [5.41, 5.74) is 2.69. The van der Waals surface area contributed by atoms with Crippen LogP contribution in [-0.2, 0) is 6.54 Å². The van der Waals surface area contributed by atoms with Gasteiger partial charge in [-0.1, -0.05) is 29.8 Å². The molecule has 0 radical (unpaired) electrons. The highest BCUT2D eigenvalue weighted by atomic mass is 32.3. The van der Waals surface area contributed by atoms with Crippen LogP contribution < -0.4 is 15.5 Å². The highest BCUT2D eigenvalue weighted by Crippen LogP contribution is 2.51. The minimum atomic E-state index is -2.87. The van der Waals surface area contributed by atoms with Crippen LogP contribution >= 0.6 is 10.6 Å². The molecule has 31 heavy (non-hydrogen) atoms. The smallest absolute Gasteiger partial charge is 0.228 e. The van der Waals surface area contributed by atoms with Crippen LogP contribution in [0.5, 0.6) is 0 Å². The summed E-state index contributed by atoms with van der Waals surface area (Å²) in [6.07, 6.45) is -0.990. The van der Waals surface area contributed by atoms with E-state index in [4.69, 9.17) is 9.97 Å². The zero-order valence-electron chi connectivity index (χ0n) is 17.3. The Morgan fingerprint density at radius 3 is 2.81 bits per heavy atom. The minimum absolute atomic E-state index is 0.209. The van der Waals surface area contributed by atoms with Gasteiger partial charge in [0.15, 0.2) is 0 Å². The Bertz CT molecular complexity index is 1130. The van der Waals surface area contributed by atoms with E-state index in [0.717, 1.165) is 22.0 Å². The summed E-state index contributed by atoms with van der Waals surface area (Å²) >= 11 is 0. The van der Waals surface area contributed by atoms with Crippen molar-refractivity contribution in [3.05, 3.63) is 53.6 Å². The van der Waals surface area contributed by atoms with Crippen LogP contribution in [0, 0.1) is 6.92 Å². The zero-order chi connectivity index (χ0) is 21.6. The van der Waals surface area contributed by atoms with Gasteiger partial charge in [-0.25, -0.2) is 9.37 Å². The van der Waals surface area contributed by atoms with Gasteiger partial charge in [-0.05, 0) is 30.7 Å². The number of hydrogen-bond donors (Lipinski definition) is 4. The van der Waals surface area contributed by atoms with Gasteiger partial charge in [0, 0.05) is 31.6 Å². The Labute approximate surface area is 182 Å². The van der Waals surface area contributed by atoms with Gasteiger partial charge in [0.25, 0.3) is 0 Å². The van der Waals surface area contributed by atoms with E-state index in [-0.39, 0.29) is 11.8 Å². The molecule has 3 aromatic rings. The lowest BCUT2D eigenvalue weighted by Gasteiger charge is -2.32. The Morgan fingerprint density at radius 1 is 1.16 bits per heavy atom. The van der Waals surface area contributed by atoms with Crippen LogP contribution in [0.2, 0.25) is 0 Å². The first-order chi connectivity index (χ1) is 14.9. The third-order valence-electron chi connectivity index (χ3n) is 5.92. The number of nitrogens with zero attached hydrogens (tertiary/aromatic N) is 3. The lowest BCUT2D eigenvalue weighted by Crippen LogP contribution is -2.31. The van der Waals surface area contributed by atoms with Crippen molar-refractivity contribution in [2.75, 3.05) is 35.6 Å². The molecule has 164 valence electrons. The summed E-state index contributed by atoms with van der Waals surface area (Å²) in [5.74, 6) is 1.30. The number of rotatable bonds is 3. The molecule has 1 saturated heterocycles. The molecule has 9 heteroatoms. The van der Waals surface area contributed by atoms with Crippen LogP contribution in [0.4, 0.5) is 16.2 Å². The van der Waals surface area contributed by atoms with Gasteiger partial charge < -0.3 is 15.5 Å². The summed E-state index contributed by atoms with van der Waals surface area (Å²) in [7, 11) is -2.87. The lowest BCUT2D eigenvalue weighted by molar-refractivity contribution is 0.342. The van der Waals surface area contributed by atoms with Gasteiger partial charge in [-0.3, -0.25) is 9.11 Å². The second-order valence-corrected chi connectivity index (χ2v) is 10.4. The van der Waals surface area contributed by atoms with Gasteiger partial charge in [-0.15, -0.1) is 0 Å². The van der Waals surface area contributed by atoms with Crippen LogP contribution in [0.15, 0.2) is 47.4 Å². The van der Waals surface area contributed by atoms with E-state index >= 15 is 0 Å². The second-order valence-electron chi connectivity index (χ2n) is 8.22. The molecule has 0 unspecified atom stereocenters. The predicted octanol–water partition coefficient (Wildman–Crippen LogP) is 3.79. The van der Waals surface area contributed by atoms with Crippen LogP contribution in [0.3, 0.4) is 0 Å². The minimum Gasteiger partial charge on any atom is -0.362 e. The summed E-state index contributed by atoms with van der Waals surface area (Å²) < 4.78 is 35.6. The predicted molar refractivity (Wildman–Crippen MR) is 123 cm³/mol. The van der Waals surface area contributed by atoms with Gasteiger partial charge in [-0.2, -0.15) is 15.6 Å². The molecule has 0 saturated carbocycles. The molecule has 2 aliphatic heterocycles. The van der Waals surface area contributed by atoms with Crippen LogP contribution in [0.1, 0.15) is 11.1 Å². The molecule has 5 rings (SSSR count). The SMILES string of the molecule is Cc1ccc2nc(N3CCS(O)(O)c4ccccc4C3)nc(N[C@H]3CNC[C@@H]3F)c2c1. The van der Waals surface area contributed by atoms with Crippen molar-refractivity contribution in [1.82, 2.24) is 15.3 Å². The average molecular weight is 444 g/mol. The first kappa shape index (κ1) is 20.4. The van der Waals surface area contributed by atoms with Crippen molar-refractivity contribution in [3.8, 4) is 0 Å². The van der Waals surface area contributed by atoms with E-state index in [1.54, 1.807) is 6.07 Å². The molecular formula is C22H26FN5O2S. The fourth-order valence-electron chi connectivity index (χ4n) is 4.20. The second kappa shape index (κ2) is 7.90. The zero-order valence-corrected chi connectivity index (χ0v) is 18.1. The average Bonchev–Trinajstić information content (AvgIpc) is 3.09. The summed E-state index contributed by atoms with van der Waals surface area (Å²) in [6, 6.07) is 13.0. The number of aryl methyl sites for hydroxylation is 1. The maximum atomic E-state index is 14.3. The normalized spacial score (nSPS) is 23.9. The Hall–Kier alpha value is -2.46. The molecule has 2 aromatic carbocycles. The van der Waals surface area contributed by atoms with E-state index in [2.05, 4.69) is 10.6 Å². The number of nitrogens with one attached hydrogen (secondary N) is 2. The molecule has 0 aliphatic carbocycles. The number of fused-ring (bicyclic) bond motifs is 2. The number of hydrogen-bond acceptors (Lipinski definition) is 7. The summed E-state index contributed by atoms with van der Waals surface area (Å²) in [6.45, 7) is 3.74. The summed E-state index contributed by atoms with van der Waals surface area (Å²) in [5, 5.41) is 7.20. The first-order valence-corrected chi connectivity index (χ1v) is 12.1. The van der Waals surface area contributed by atoms with E-state index in [1.807, 2.05) is 48.2 Å². The highest BCUT2D eigenvalue weighted by molar-refractivity contribution is 8.24. The topological polar surface area (TPSA) is 93.5 Å². The standard InChI is InChI=1S/C22H26FN5O2S/c1-14-6-7-18-16(10-14)21(25-19-12-24-11-17(19)23)27-22(26-18)28-8-9-31(29,30)20-5-3-2-4-15(20)13-28/h2-7,10,17,19,24,29-30H,8-9,11-13H2,1H3,(H,25,26,27)/t17-,19-/m0/s1. The van der Waals surface area contributed by atoms with Crippen molar-refractivity contribution < 1.29 is 13.5 Å². The van der Waals surface area contributed by atoms with E-state index in [1.165, 1.54) is 0 Å². The third-order valence-corrected chi connectivity index (χ3v) is 7.77. The molecule has 0 amide bonds. The number of aromatic nitrogens is 2. The Morgan fingerprint density at radius 2 is 2.00 bits per heavy atom. The monoisotopic (exact) mass is 443 g/mol. The molecule has 1 fully saturated rings. The number of alkyl halides is 1. The third kappa shape index (κ3) is 3.94. The van der Waals surface area contributed by atoms with E-state index in [9.17, 15) is 13.5 Å². The molecule has 2 aliphatic rings. The molecule has 1 aromatic heterocycles. The molecule has 0 bridgehead atoms. The fraction of sp³-hybridized carbons (Fsp3) is 0.364. The van der Waals surface area contributed by atoms with E-state index < -0.39 is 16.8 Å². The maximum absolute atomic E-state index is 14.3. The molecule has 7 nitrogen and oxygen atoms in total. The van der Waals surface area contributed by atoms with Crippen molar-refractivity contribution in [1.29, 1.82) is 0 Å². The van der Waals surface area contributed by atoms with Gasteiger partial charge in [0.05, 0.1) is 22.2 Å². The van der Waals surface area contributed by atoms with Crippen LogP contribution in [-0.4, -0.2) is 56.7 Å². The number of halogens is 1. The Kier molecular flexibility index (Phi) is 5.21. The van der Waals surface area contributed by atoms with Gasteiger partial charge in [0.1, 0.15) is 12.0 Å². The molecule has 2 atom stereocenters. The summed E-state index contributed by atoms with van der Waals surface area (Å²) in [4.78, 5) is 12.1. The largest absolute Gasteiger partial charge is 0.362 e. The van der Waals surface area contributed by atoms with Crippen LogP contribution in [0.25, 0.3) is 10.9 Å². The fourth-order valence-corrected chi connectivity index (χ4v) is 5.75. The number of benzene rings is 2. The van der Waals surface area contributed by atoms with Crippen molar-refractivity contribution in [2.24, 2.45) is 0 Å². The maximum Gasteiger partial charge on any atom is 0.228 e. The highest BCUT2D eigenvalue weighted by Gasteiger charge is 2.29. The molecule has 0 spiro atoms. The quantitative estimate of drug-likeness (QED) is 0.489. The van der Waals surface area contributed by atoms with Gasteiger partial charge in [0.2, 0.25) is 5.95 Å². The Balaban J connectivity index is 1.56.